The topological polar surface area (TPSA) is 46.6 Å². The lowest BCUT2D eigenvalue weighted by Gasteiger charge is -2.16. The van der Waals surface area contributed by atoms with Crippen LogP contribution in [0, 0.1) is 5.92 Å². The summed E-state index contributed by atoms with van der Waals surface area (Å²) in [6, 6.07) is 9.78. The average molecular weight is 233 g/mol. The molecule has 0 radical (unpaired) electrons. The highest BCUT2D eigenvalue weighted by molar-refractivity contribution is 5.94. The van der Waals surface area contributed by atoms with Crippen molar-refractivity contribution in [1.29, 1.82) is 0 Å². The number of hydrogen-bond acceptors (Lipinski definition) is 3. The fourth-order valence-corrected chi connectivity index (χ4v) is 1.91. The molecule has 1 aromatic carbocycles. The summed E-state index contributed by atoms with van der Waals surface area (Å²) >= 11 is 0. The van der Waals surface area contributed by atoms with Crippen molar-refractivity contribution >= 4 is 12.0 Å². The zero-order valence-corrected chi connectivity index (χ0v) is 9.76. The van der Waals surface area contributed by atoms with Crippen LogP contribution in [-0.4, -0.2) is 30.1 Å². The Morgan fingerprint density at radius 1 is 1.41 bits per heavy atom. The maximum atomic E-state index is 12.0. The molecule has 1 aromatic rings. The first-order valence-corrected chi connectivity index (χ1v) is 5.70. The molecule has 1 aliphatic rings. The minimum absolute atomic E-state index is 0.156. The van der Waals surface area contributed by atoms with Crippen LogP contribution in [0.3, 0.4) is 0 Å². The van der Waals surface area contributed by atoms with Crippen LogP contribution >= 0.6 is 0 Å². The second kappa shape index (κ2) is 4.99. The van der Waals surface area contributed by atoms with Gasteiger partial charge in [-0.3, -0.25) is 4.79 Å². The lowest BCUT2D eigenvalue weighted by molar-refractivity contribution is -0.131. The first-order valence-electron chi connectivity index (χ1n) is 5.70. The summed E-state index contributed by atoms with van der Waals surface area (Å²) in [5.41, 5.74) is 1.10. The lowest BCUT2D eigenvalue weighted by atomic mass is 10.00. The van der Waals surface area contributed by atoms with Crippen molar-refractivity contribution in [2.24, 2.45) is 5.92 Å². The van der Waals surface area contributed by atoms with Crippen LogP contribution in [0.5, 0.6) is 0 Å². The first-order chi connectivity index (χ1) is 8.18. The Balaban J connectivity index is 1.98. The van der Waals surface area contributed by atoms with E-state index in [1.54, 1.807) is 0 Å². The van der Waals surface area contributed by atoms with E-state index in [-0.39, 0.29) is 11.8 Å². The highest BCUT2D eigenvalue weighted by Crippen LogP contribution is 2.14. The predicted octanol–water partition coefficient (Wildman–Crippen LogP) is 1.84. The number of carbonyl (C=O) groups excluding carboxylic acids is 2. The van der Waals surface area contributed by atoms with Crippen LogP contribution in [0.15, 0.2) is 30.3 Å². The summed E-state index contributed by atoms with van der Waals surface area (Å²) in [5, 5.41) is 0. The van der Waals surface area contributed by atoms with Crippen molar-refractivity contribution < 1.29 is 14.3 Å². The van der Waals surface area contributed by atoms with Crippen molar-refractivity contribution in [3.05, 3.63) is 35.9 Å². The van der Waals surface area contributed by atoms with E-state index in [0.29, 0.717) is 19.6 Å². The molecule has 4 nitrogen and oxygen atoms in total. The van der Waals surface area contributed by atoms with Crippen LogP contribution < -0.4 is 0 Å². The van der Waals surface area contributed by atoms with E-state index in [9.17, 15) is 9.59 Å². The molecule has 17 heavy (non-hydrogen) atoms. The SMILES string of the molecule is C[C@@H](Cc1ccccc1)C(=O)N1CCOC1=O. The van der Waals surface area contributed by atoms with E-state index in [0.717, 1.165) is 5.56 Å². The Labute approximate surface area is 100 Å². The smallest absolute Gasteiger partial charge is 0.416 e. The van der Waals surface area contributed by atoms with E-state index < -0.39 is 6.09 Å². The van der Waals surface area contributed by atoms with E-state index in [1.807, 2.05) is 37.3 Å². The summed E-state index contributed by atoms with van der Waals surface area (Å²) < 4.78 is 4.75. The van der Waals surface area contributed by atoms with Crippen LogP contribution in [0.25, 0.3) is 0 Å². The zero-order chi connectivity index (χ0) is 12.3. The fraction of sp³-hybridized carbons (Fsp3) is 0.385. The molecule has 2 rings (SSSR count). The highest BCUT2D eigenvalue weighted by Gasteiger charge is 2.31. The van der Waals surface area contributed by atoms with Crippen LogP contribution in [-0.2, 0) is 16.0 Å². The number of amides is 2. The zero-order valence-electron chi connectivity index (χ0n) is 9.76. The van der Waals surface area contributed by atoms with Crippen molar-refractivity contribution in [2.75, 3.05) is 13.2 Å². The van der Waals surface area contributed by atoms with Gasteiger partial charge in [0.05, 0.1) is 6.54 Å². The first kappa shape index (κ1) is 11.6. The monoisotopic (exact) mass is 233 g/mol. The van der Waals surface area contributed by atoms with Gasteiger partial charge in [0, 0.05) is 5.92 Å². The Kier molecular flexibility index (Phi) is 3.42. The van der Waals surface area contributed by atoms with Crippen LogP contribution in [0.2, 0.25) is 0 Å². The number of nitrogens with zero attached hydrogens (tertiary/aromatic N) is 1. The van der Waals surface area contributed by atoms with Crippen LogP contribution in [0.1, 0.15) is 12.5 Å². The van der Waals surface area contributed by atoms with Gasteiger partial charge in [0.1, 0.15) is 6.61 Å². The third-order valence-corrected chi connectivity index (χ3v) is 2.83. The molecule has 0 aromatic heterocycles. The molecule has 1 heterocycles. The van der Waals surface area contributed by atoms with E-state index in [4.69, 9.17) is 4.74 Å². The molecule has 0 aliphatic carbocycles. The maximum Gasteiger partial charge on any atom is 0.416 e. The van der Waals surface area contributed by atoms with Gasteiger partial charge in [-0.1, -0.05) is 37.3 Å². The molecule has 0 unspecified atom stereocenters. The lowest BCUT2D eigenvalue weighted by Crippen LogP contribution is -2.36. The summed E-state index contributed by atoms with van der Waals surface area (Å²) in [6.07, 6.45) is 0.124. The van der Waals surface area contributed by atoms with Crippen LogP contribution in [0.4, 0.5) is 4.79 Å². The normalized spacial score (nSPS) is 16.8. The van der Waals surface area contributed by atoms with Gasteiger partial charge < -0.3 is 4.74 Å². The maximum absolute atomic E-state index is 12.0. The van der Waals surface area contributed by atoms with E-state index in [2.05, 4.69) is 0 Å². The number of benzene rings is 1. The molecule has 0 bridgehead atoms. The molecular weight excluding hydrogens is 218 g/mol. The molecule has 1 saturated heterocycles. The second-order valence-electron chi connectivity index (χ2n) is 4.20. The summed E-state index contributed by atoms with van der Waals surface area (Å²) in [4.78, 5) is 24.4. The van der Waals surface area contributed by atoms with Crippen molar-refractivity contribution in [3.8, 4) is 0 Å². The number of imide groups is 1. The van der Waals surface area contributed by atoms with E-state index in [1.165, 1.54) is 4.90 Å². The van der Waals surface area contributed by atoms with Crippen molar-refractivity contribution in [1.82, 2.24) is 4.90 Å². The number of hydrogen-bond donors (Lipinski definition) is 0. The van der Waals surface area contributed by atoms with Crippen molar-refractivity contribution in [2.45, 2.75) is 13.3 Å². The van der Waals surface area contributed by atoms with Gasteiger partial charge in [-0.2, -0.15) is 0 Å². The third kappa shape index (κ3) is 2.64. The van der Waals surface area contributed by atoms with Gasteiger partial charge in [-0.15, -0.1) is 0 Å². The largest absolute Gasteiger partial charge is 0.447 e. The third-order valence-electron chi connectivity index (χ3n) is 2.83. The number of cyclic esters (lactones) is 1. The number of ether oxygens (including phenoxy) is 1. The fourth-order valence-electron chi connectivity index (χ4n) is 1.91. The number of rotatable bonds is 3. The summed E-state index contributed by atoms with van der Waals surface area (Å²) in [5.74, 6) is -0.362. The Bertz CT molecular complexity index is 416. The quantitative estimate of drug-likeness (QED) is 0.800. The van der Waals surface area contributed by atoms with Gasteiger partial charge >= 0.3 is 6.09 Å². The molecule has 4 heteroatoms. The molecule has 1 atom stereocenters. The minimum Gasteiger partial charge on any atom is -0.447 e. The molecule has 90 valence electrons. The molecule has 0 spiro atoms. The predicted molar refractivity (Wildman–Crippen MR) is 62.4 cm³/mol. The minimum atomic E-state index is -0.519. The molecule has 1 fully saturated rings. The Morgan fingerprint density at radius 3 is 2.71 bits per heavy atom. The second-order valence-corrected chi connectivity index (χ2v) is 4.20. The Hall–Kier alpha value is -1.84. The van der Waals surface area contributed by atoms with Gasteiger partial charge in [0.2, 0.25) is 5.91 Å². The molecule has 2 amide bonds. The van der Waals surface area contributed by atoms with Crippen molar-refractivity contribution in [3.63, 3.8) is 0 Å². The summed E-state index contributed by atoms with van der Waals surface area (Å²) in [7, 11) is 0. The van der Waals surface area contributed by atoms with Gasteiger partial charge in [-0.05, 0) is 12.0 Å². The van der Waals surface area contributed by atoms with Gasteiger partial charge in [0.25, 0.3) is 0 Å². The van der Waals surface area contributed by atoms with E-state index >= 15 is 0 Å². The summed E-state index contributed by atoms with van der Waals surface area (Å²) in [6.45, 7) is 2.51. The standard InChI is InChI=1S/C13H15NO3/c1-10(9-11-5-3-2-4-6-11)12(15)14-7-8-17-13(14)16/h2-6,10H,7-9H2,1H3/t10-/m0/s1. The number of carbonyl (C=O) groups is 2. The van der Waals surface area contributed by atoms with Gasteiger partial charge in [0.15, 0.2) is 0 Å². The Morgan fingerprint density at radius 2 is 2.12 bits per heavy atom. The molecule has 1 aliphatic heterocycles. The molecule has 0 N–H and O–H groups in total. The average Bonchev–Trinajstić information content (AvgIpc) is 2.76. The molecular formula is C13H15NO3. The molecule has 0 saturated carbocycles. The van der Waals surface area contributed by atoms with Gasteiger partial charge in [-0.25, -0.2) is 9.69 Å². The highest BCUT2D eigenvalue weighted by atomic mass is 16.6.